The van der Waals surface area contributed by atoms with Gasteiger partial charge in [0, 0.05) is 33.9 Å². The number of methoxy groups -OCH3 is 1. The zero-order valence-corrected chi connectivity index (χ0v) is 18.6. The third kappa shape index (κ3) is 4.83. The fourth-order valence-corrected chi connectivity index (χ4v) is 4.01. The first-order valence-corrected chi connectivity index (χ1v) is 11.0. The van der Waals surface area contributed by atoms with Crippen molar-refractivity contribution in [3.63, 3.8) is 0 Å². The molecule has 0 aliphatic carbocycles. The molecule has 4 aromatic rings. The summed E-state index contributed by atoms with van der Waals surface area (Å²) in [5, 5.41) is 9.67. The lowest BCUT2D eigenvalue weighted by Gasteiger charge is -2.11. The lowest BCUT2D eigenvalue weighted by atomic mass is 10.2. The van der Waals surface area contributed by atoms with Crippen molar-refractivity contribution in [3.8, 4) is 28.6 Å². The van der Waals surface area contributed by atoms with Crippen molar-refractivity contribution >= 4 is 27.7 Å². The second-order valence-corrected chi connectivity index (χ2v) is 8.21. The summed E-state index contributed by atoms with van der Waals surface area (Å²) in [6.45, 7) is 0.557. The van der Waals surface area contributed by atoms with E-state index in [2.05, 4.69) is 31.1 Å². The molecule has 0 atom stereocenters. The van der Waals surface area contributed by atoms with E-state index in [1.54, 1.807) is 31.3 Å². The number of nitrogens with zero attached hydrogens (tertiary/aromatic N) is 4. The molecule has 0 aliphatic rings. The summed E-state index contributed by atoms with van der Waals surface area (Å²) in [7, 11) is 1.66. The van der Waals surface area contributed by atoms with Crippen LogP contribution in [0.4, 0.5) is 0 Å². The highest BCUT2D eigenvalue weighted by molar-refractivity contribution is 9.10. The Morgan fingerprint density at radius 1 is 0.967 bits per heavy atom. The van der Waals surface area contributed by atoms with Crippen molar-refractivity contribution in [2.45, 2.75) is 5.16 Å². The largest absolute Gasteiger partial charge is 0.497 e. The van der Waals surface area contributed by atoms with E-state index in [-0.39, 0.29) is 0 Å². The minimum Gasteiger partial charge on any atom is -0.497 e. The number of hydrogen-bond donors (Lipinski definition) is 0. The number of hydrogen-bond acceptors (Lipinski definition) is 6. The Hall–Kier alpha value is -2.84. The van der Waals surface area contributed by atoms with Crippen molar-refractivity contribution in [2.75, 3.05) is 19.5 Å². The normalized spacial score (nSPS) is 10.7. The predicted octanol–water partition coefficient (Wildman–Crippen LogP) is 5.27. The molecule has 2 aromatic carbocycles. The molecule has 0 unspecified atom stereocenters. The van der Waals surface area contributed by atoms with Gasteiger partial charge in [0.15, 0.2) is 11.0 Å². The van der Waals surface area contributed by atoms with Crippen molar-refractivity contribution in [1.29, 1.82) is 0 Å². The fourth-order valence-electron chi connectivity index (χ4n) is 2.86. The van der Waals surface area contributed by atoms with E-state index in [9.17, 15) is 0 Å². The van der Waals surface area contributed by atoms with Crippen LogP contribution < -0.4 is 9.47 Å². The van der Waals surface area contributed by atoms with E-state index in [0.29, 0.717) is 6.61 Å². The average molecular weight is 483 g/mol. The third-order valence-corrected chi connectivity index (χ3v) is 5.67. The van der Waals surface area contributed by atoms with Gasteiger partial charge in [-0.05, 0) is 54.6 Å². The van der Waals surface area contributed by atoms with Gasteiger partial charge in [-0.25, -0.2) is 0 Å². The summed E-state index contributed by atoms with van der Waals surface area (Å²) in [5.41, 5.74) is 1.91. The molecule has 0 fully saturated rings. The molecule has 0 saturated heterocycles. The predicted molar refractivity (Wildman–Crippen MR) is 122 cm³/mol. The molecule has 0 N–H and O–H groups in total. The van der Waals surface area contributed by atoms with Crippen molar-refractivity contribution in [1.82, 2.24) is 19.7 Å². The molecular weight excluding hydrogens is 464 g/mol. The van der Waals surface area contributed by atoms with Crippen molar-refractivity contribution < 1.29 is 9.47 Å². The smallest absolute Gasteiger partial charge is 0.196 e. The molecule has 30 heavy (non-hydrogen) atoms. The topological polar surface area (TPSA) is 62.1 Å². The van der Waals surface area contributed by atoms with Crippen LogP contribution in [-0.2, 0) is 0 Å². The molecule has 4 rings (SSSR count). The Labute approximate surface area is 187 Å². The maximum atomic E-state index is 5.84. The van der Waals surface area contributed by atoms with Crippen molar-refractivity contribution in [3.05, 3.63) is 77.5 Å². The summed E-state index contributed by atoms with van der Waals surface area (Å²) in [4.78, 5) is 4.10. The monoisotopic (exact) mass is 482 g/mol. The molecule has 0 aliphatic heterocycles. The van der Waals surface area contributed by atoms with Gasteiger partial charge < -0.3 is 9.47 Å². The van der Waals surface area contributed by atoms with Gasteiger partial charge in [-0.2, -0.15) is 0 Å². The molecule has 8 heteroatoms. The number of benzene rings is 2. The molecule has 0 bridgehead atoms. The average Bonchev–Trinajstić information content (AvgIpc) is 3.21. The van der Waals surface area contributed by atoms with Crippen LogP contribution in [0.3, 0.4) is 0 Å². The molecule has 2 heterocycles. The van der Waals surface area contributed by atoms with Gasteiger partial charge in [-0.15, -0.1) is 10.2 Å². The highest BCUT2D eigenvalue weighted by atomic mass is 79.9. The molecule has 0 amide bonds. The quantitative estimate of drug-likeness (QED) is 0.251. The van der Waals surface area contributed by atoms with Crippen LogP contribution in [0.5, 0.6) is 11.5 Å². The number of thioether (sulfide) groups is 1. The Balaban J connectivity index is 1.55. The Morgan fingerprint density at radius 3 is 2.50 bits per heavy atom. The SMILES string of the molecule is COc1ccc(-n2c(SCCOc3cccc(Br)c3)nnc2-c2ccncc2)cc1. The van der Waals surface area contributed by atoms with E-state index in [0.717, 1.165) is 44.0 Å². The number of pyridine rings is 1. The summed E-state index contributed by atoms with van der Waals surface area (Å²) < 4.78 is 14.2. The van der Waals surface area contributed by atoms with Gasteiger partial charge in [0.1, 0.15) is 11.5 Å². The lowest BCUT2D eigenvalue weighted by molar-refractivity contribution is 0.343. The molecule has 6 nitrogen and oxygen atoms in total. The molecule has 2 aromatic heterocycles. The van der Waals surface area contributed by atoms with E-state index in [1.807, 2.05) is 65.2 Å². The highest BCUT2D eigenvalue weighted by Crippen LogP contribution is 2.28. The number of rotatable bonds is 8. The summed E-state index contributed by atoms with van der Waals surface area (Å²) in [5.74, 6) is 3.13. The van der Waals surface area contributed by atoms with Gasteiger partial charge in [0.2, 0.25) is 0 Å². The zero-order valence-electron chi connectivity index (χ0n) is 16.2. The zero-order chi connectivity index (χ0) is 20.8. The van der Waals surface area contributed by atoms with Gasteiger partial charge in [0.25, 0.3) is 0 Å². The van der Waals surface area contributed by atoms with Gasteiger partial charge >= 0.3 is 0 Å². The van der Waals surface area contributed by atoms with Crippen LogP contribution in [0.2, 0.25) is 0 Å². The van der Waals surface area contributed by atoms with E-state index in [1.165, 1.54) is 0 Å². The van der Waals surface area contributed by atoms with Gasteiger partial charge in [0.05, 0.1) is 13.7 Å². The van der Waals surface area contributed by atoms with Crippen LogP contribution in [0.1, 0.15) is 0 Å². The standard InChI is InChI=1S/C22H19BrN4O2S/c1-28-19-7-5-18(6-8-19)27-21(16-9-11-24-12-10-16)25-26-22(27)30-14-13-29-20-4-2-3-17(23)15-20/h2-12,15H,13-14H2,1H3. The van der Waals surface area contributed by atoms with Crippen LogP contribution in [0, 0.1) is 0 Å². The second kappa shape index (κ2) is 9.77. The molecule has 0 radical (unpaired) electrons. The molecular formula is C22H19BrN4O2S. The van der Waals surface area contributed by atoms with E-state index < -0.39 is 0 Å². The Bertz CT molecular complexity index is 1100. The van der Waals surface area contributed by atoms with Gasteiger partial charge in [-0.3, -0.25) is 9.55 Å². The number of halogens is 1. The first-order chi connectivity index (χ1) is 14.7. The van der Waals surface area contributed by atoms with Crippen LogP contribution in [-0.4, -0.2) is 39.2 Å². The Morgan fingerprint density at radius 2 is 1.77 bits per heavy atom. The highest BCUT2D eigenvalue weighted by Gasteiger charge is 2.16. The van der Waals surface area contributed by atoms with Crippen LogP contribution in [0.25, 0.3) is 17.1 Å². The first-order valence-electron chi connectivity index (χ1n) is 9.26. The molecule has 152 valence electrons. The Kier molecular flexibility index (Phi) is 6.66. The van der Waals surface area contributed by atoms with E-state index in [4.69, 9.17) is 9.47 Å². The summed E-state index contributed by atoms with van der Waals surface area (Å²) in [6.07, 6.45) is 3.50. The summed E-state index contributed by atoms with van der Waals surface area (Å²) in [6, 6.07) is 19.5. The minimum absolute atomic E-state index is 0.557. The number of ether oxygens (including phenoxy) is 2. The number of aromatic nitrogens is 4. The fraction of sp³-hybridized carbons (Fsp3) is 0.136. The maximum absolute atomic E-state index is 5.84. The molecule has 0 saturated carbocycles. The van der Waals surface area contributed by atoms with E-state index >= 15 is 0 Å². The first kappa shape index (κ1) is 20.4. The van der Waals surface area contributed by atoms with Crippen LogP contribution in [0.15, 0.2) is 82.7 Å². The maximum Gasteiger partial charge on any atom is 0.196 e. The second-order valence-electron chi connectivity index (χ2n) is 6.23. The lowest BCUT2D eigenvalue weighted by Crippen LogP contribution is -2.03. The van der Waals surface area contributed by atoms with Crippen molar-refractivity contribution in [2.24, 2.45) is 0 Å². The third-order valence-electron chi connectivity index (χ3n) is 4.28. The van der Waals surface area contributed by atoms with Crippen LogP contribution >= 0.6 is 27.7 Å². The minimum atomic E-state index is 0.557. The van der Waals surface area contributed by atoms with Gasteiger partial charge in [-0.1, -0.05) is 33.8 Å². The summed E-state index contributed by atoms with van der Waals surface area (Å²) >= 11 is 5.05. The molecule has 0 spiro atoms.